The molecule has 2 unspecified atom stereocenters. The molecule has 2 fully saturated rings. The van der Waals surface area contributed by atoms with E-state index >= 15 is 0 Å². The highest BCUT2D eigenvalue weighted by Gasteiger charge is 2.52. The summed E-state index contributed by atoms with van der Waals surface area (Å²) in [5, 5.41) is 5.70. The summed E-state index contributed by atoms with van der Waals surface area (Å²) in [7, 11) is -7.88. The molecule has 2 heterocycles. The van der Waals surface area contributed by atoms with Crippen molar-refractivity contribution in [3.05, 3.63) is 107 Å². The van der Waals surface area contributed by atoms with Crippen molar-refractivity contribution in [3.8, 4) is 0 Å². The van der Waals surface area contributed by atoms with Crippen molar-refractivity contribution in [1.82, 2.24) is 10.6 Å². The van der Waals surface area contributed by atoms with E-state index in [0.29, 0.717) is 22.3 Å². The first-order chi connectivity index (χ1) is 20.8. The summed E-state index contributed by atoms with van der Waals surface area (Å²) in [6.07, 6.45) is 0. The van der Waals surface area contributed by atoms with Gasteiger partial charge in [0, 0.05) is 33.1 Å². The maximum absolute atomic E-state index is 14.2. The van der Waals surface area contributed by atoms with Crippen LogP contribution < -0.4 is 20.4 Å². The van der Waals surface area contributed by atoms with Gasteiger partial charge in [0.25, 0.3) is 27.7 Å². The first-order valence-corrected chi connectivity index (χ1v) is 17.6. The zero-order chi connectivity index (χ0) is 31.6. The highest BCUT2D eigenvalue weighted by atomic mass is 31.2. The van der Waals surface area contributed by atoms with E-state index in [4.69, 9.17) is 18.1 Å². The van der Waals surface area contributed by atoms with Gasteiger partial charge in [-0.3, -0.25) is 9.59 Å². The number of nitrogens with one attached hydrogen (secondary N) is 2. The molecular weight excluding hydrogens is 602 g/mol. The normalized spacial score (nSPS) is 21.4. The highest BCUT2D eigenvalue weighted by molar-refractivity contribution is 7.60. The Bertz CT molecular complexity index is 1340. The average molecular weight is 641 g/mol. The van der Waals surface area contributed by atoms with Gasteiger partial charge in [0.2, 0.25) is 11.6 Å². The molecule has 12 heteroatoms. The zero-order valence-corrected chi connectivity index (χ0v) is 27.0. The van der Waals surface area contributed by atoms with E-state index in [-0.39, 0.29) is 37.3 Å². The van der Waals surface area contributed by atoms with Crippen molar-refractivity contribution in [2.75, 3.05) is 26.4 Å². The van der Waals surface area contributed by atoms with Crippen molar-refractivity contribution in [1.29, 1.82) is 0 Å². The quantitative estimate of drug-likeness (QED) is 0.330. The third kappa shape index (κ3) is 7.53. The van der Waals surface area contributed by atoms with Crippen LogP contribution >= 0.6 is 15.9 Å². The largest absolute Gasteiger partial charge is 0.630 e. The fourth-order valence-corrected chi connectivity index (χ4v) is 9.16. The topological polar surface area (TPSA) is 141 Å². The summed E-state index contributed by atoms with van der Waals surface area (Å²) >= 11 is 0. The van der Waals surface area contributed by atoms with E-state index in [0.717, 1.165) is 0 Å². The number of carbonyl (C=O) groups excluding carboxylic acids is 2. The number of carbonyl (C=O) groups is 2. The molecule has 10 nitrogen and oxygen atoms in total. The molecule has 5 rings (SSSR count). The van der Waals surface area contributed by atoms with Gasteiger partial charge in [0.15, 0.2) is 0 Å². The molecule has 2 saturated heterocycles. The molecule has 2 N–H and O–H groups in total. The molecule has 44 heavy (non-hydrogen) atoms. The van der Waals surface area contributed by atoms with Gasteiger partial charge in [-0.25, -0.2) is 18.1 Å². The van der Waals surface area contributed by atoms with Crippen LogP contribution in [-0.4, -0.2) is 38.2 Å². The van der Waals surface area contributed by atoms with Gasteiger partial charge in [0.1, 0.15) is 26.4 Å². The minimum atomic E-state index is -3.94. The number of rotatable bonds is 8. The predicted molar refractivity (Wildman–Crippen MR) is 165 cm³/mol. The van der Waals surface area contributed by atoms with Crippen LogP contribution in [0.15, 0.2) is 84.9 Å². The van der Waals surface area contributed by atoms with Crippen molar-refractivity contribution in [2.45, 2.75) is 39.3 Å². The van der Waals surface area contributed by atoms with Gasteiger partial charge in [-0.2, -0.15) is 0 Å². The fourth-order valence-electron chi connectivity index (χ4n) is 4.70. The number of benzene rings is 3. The molecule has 0 radical (unpaired) electrons. The van der Waals surface area contributed by atoms with Gasteiger partial charge < -0.3 is 20.4 Å². The van der Waals surface area contributed by atoms with Crippen LogP contribution in [-0.2, 0) is 18.1 Å². The molecule has 234 valence electrons. The zero-order valence-electron chi connectivity index (χ0n) is 25.2. The van der Waals surface area contributed by atoms with Crippen molar-refractivity contribution >= 4 is 27.7 Å². The summed E-state index contributed by atoms with van der Waals surface area (Å²) in [6.45, 7) is 8.34. The second kappa shape index (κ2) is 12.9. The van der Waals surface area contributed by atoms with E-state index in [1.807, 2.05) is 27.7 Å². The van der Waals surface area contributed by atoms with Gasteiger partial charge in [0.05, 0.1) is 0 Å². The van der Waals surface area contributed by atoms with Crippen LogP contribution in [0.25, 0.3) is 0 Å². The Labute approximate surface area is 259 Å². The van der Waals surface area contributed by atoms with Crippen LogP contribution in [0.4, 0.5) is 0 Å². The Morgan fingerprint density at radius 3 is 1.30 bits per heavy atom. The molecule has 2 aliphatic heterocycles. The Morgan fingerprint density at radius 2 is 0.955 bits per heavy atom. The second-order valence-corrected chi connectivity index (χ2v) is 16.9. The average Bonchev–Trinajstić information content (AvgIpc) is 3.02. The van der Waals surface area contributed by atoms with Gasteiger partial charge in [-0.15, -0.1) is 0 Å². The highest BCUT2D eigenvalue weighted by Crippen LogP contribution is 2.68. The summed E-state index contributed by atoms with van der Waals surface area (Å²) in [5.41, 5.74) is 0.720. The molecule has 3 aromatic carbocycles. The third-order valence-corrected chi connectivity index (χ3v) is 11.4. The smallest absolute Gasteiger partial charge is 0.265 e. The number of hydrogen-bond donors (Lipinski definition) is 2. The molecule has 2 aliphatic rings. The Hall–Kier alpha value is -2.78. The van der Waals surface area contributed by atoms with Crippen LogP contribution in [0.1, 0.15) is 71.1 Å². The Kier molecular flexibility index (Phi) is 9.57. The number of amides is 2. The van der Waals surface area contributed by atoms with E-state index in [9.17, 15) is 19.4 Å². The van der Waals surface area contributed by atoms with Crippen LogP contribution in [0.3, 0.4) is 0 Å². The lowest BCUT2D eigenvalue weighted by atomic mass is 9.97. The molecule has 0 saturated carbocycles. The van der Waals surface area contributed by atoms with Crippen molar-refractivity contribution < 1.29 is 37.5 Å². The SMILES string of the molecule is CC1(C)CO[P+]([O-])(C(NC(=O)c2ccccc2)c2cccc(C(NC(=O)c3ccccc3)[P+]3([O-])OCC(C)(C)CO3)c2)OC1. The monoisotopic (exact) mass is 640 g/mol. The first-order valence-electron chi connectivity index (χ1n) is 14.4. The summed E-state index contributed by atoms with van der Waals surface area (Å²) in [6, 6.07) is 23.7. The summed E-state index contributed by atoms with van der Waals surface area (Å²) in [5.74, 6) is -3.36. The predicted octanol–water partition coefficient (Wildman–Crippen LogP) is 4.94. The van der Waals surface area contributed by atoms with Crippen molar-refractivity contribution in [3.63, 3.8) is 0 Å². The molecule has 3 aromatic rings. The first kappa shape index (κ1) is 32.6. The maximum Gasteiger partial charge on any atom is 0.265 e. The van der Waals surface area contributed by atoms with Crippen LogP contribution in [0.5, 0.6) is 0 Å². The standard InChI is InChI=1S/C32H38N2O8P2/c1-31(2)19-39-43(37,40-20-31)29(33-27(35)23-12-7-5-8-13-23)25-16-11-17-26(18-25)30(34-28(36)24-14-9-6-10-15-24)44(38)41-21-32(3,4)22-42-44/h5-18,29-30H,19-22H2,1-4H3,(H,33,35)(H,34,36). The molecule has 2 amide bonds. The molecule has 0 spiro atoms. The van der Waals surface area contributed by atoms with Crippen molar-refractivity contribution in [2.24, 2.45) is 10.8 Å². The number of hydrogen-bond acceptors (Lipinski definition) is 8. The lowest BCUT2D eigenvalue weighted by Gasteiger charge is -2.42. The van der Waals surface area contributed by atoms with E-state index in [1.165, 1.54) is 0 Å². The van der Waals surface area contributed by atoms with Crippen LogP contribution in [0, 0.1) is 10.8 Å². The molecule has 2 atom stereocenters. The minimum absolute atomic E-state index is 0.157. The lowest BCUT2D eigenvalue weighted by Crippen LogP contribution is -2.42. The Balaban J connectivity index is 1.53. The Morgan fingerprint density at radius 1 is 0.614 bits per heavy atom. The summed E-state index contributed by atoms with van der Waals surface area (Å²) < 4.78 is 23.4. The minimum Gasteiger partial charge on any atom is -0.630 e. The molecular formula is C32H38N2O8P2. The molecule has 0 bridgehead atoms. The van der Waals surface area contributed by atoms with E-state index in [2.05, 4.69) is 10.6 Å². The fraction of sp³-hybridized carbons (Fsp3) is 0.375. The third-order valence-electron chi connectivity index (χ3n) is 7.32. The molecule has 0 aromatic heterocycles. The molecule has 0 aliphatic carbocycles. The van der Waals surface area contributed by atoms with Gasteiger partial charge in [-0.1, -0.05) is 82.3 Å². The van der Waals surface area contributed by atoms with E-state index in [1.54, 1.807) is 84.9 Å². The van der Waals surface area contributed by atoms with Gasteiger partial charge >= 0.3 is 0 Å². The summed E-state index contributed by atoms with van der Waals surface area (Å²) in [4.78, 5) is 55.1. The second-order valence-electron chi connectivity index (χ2n) is 12.7. The van der Waals surface area contributed by atoms with E-state index < -0.39 is 39.3 Å². The lowest BCUT2D eigenvalue weighted by molar-refractivity contribution is -0.238. The maximum atomic E-state index is 14.2. The van der Waals surface area contributed by atoms with Gasteiger partial charge in [-0.05, 0) is 30.3 Å². The van der Waals surface area contributed by atoms with Crippen LogP contribution in [0.2, 0.25) is 0 Å².